The highest BCUT2D eigenvalue weighted by Gasteiger charge is 2.58. The van der Waals surface area contributed by atoms with Crippen LogP contribution in [0, 0.1) is 42.4 Å². The third-order valence-electron chi connectivity index (χ3n) is 13.2. The molecule has 2 heteroatoms. The van der Waals surface area contributed by atoms with E-state index < -0.39 is 0 Å². The Kier molecular flexibility index (Phi) is 5.68. The van der Waals surface area contributed by atoms with E-state index in [4.69, 9.17) is 9.47 Å². The quantitative estimate of drug-likeness (QED) is 0.345. The lowest BCUT2D eigenvalue weighted by molar-refractivity contribution is -0.0102. The predicted molar refractivity (Wildman–Crippen MR) is 164 cm³/mol. The maximum absolute atomic E-state index is 7.18. The second kappa shape index (κ2) is 8.54. The van der Waals surface area contributed by atoms with Gasteiger partial charge in [0, 0.05) is 11.1 Å². The highest BCUT2D eigenvalue weighted by Crippen LogP contribution is 2.67. The smallest absolute Gasteiger partial charge is 0.127 e. The maximum Gasteiger partial charge on any atom is 0.127 e. The SMILES string of the molecule is Cc1c(C23CC4CC(CC(C4)C2)C3)c(C(C)(C)C)c(OCC2CO2)c(C(C)(C)C)c1C12CC3CC(CC(C3)C1)C2. The van der Waals surface area contributed by atoms with Crippen LogP contribution < -0.4 is 4.74 Å². The van der Waals surface area contributed by atoms with Gasteiger partial charge in [-0.05, 0) is 158 Å². The fraction of sp³-hybridized carbons (Fsp3) is 0.842. The van der Waals surface area contributed by atoms with Gasteiger partial charge in [0.25, 0.3) is 0 Å². The number of benzene rings is 1. The molecule has 1 saturated heterocycles. The fourth-order valence-corrected chi connectivity index (χ4v) is 12.9. The summed E-state index contributed by atoms with van der Waals surface area (Å²) in [6.07, 6.45) is 17.9. The number of ether oxygens (including phenoxy) is 2. The Morgan fingerprint density at radius 2 is 0.950 bits per heavy atom. The molecular formula is C38H56O2. The van der Waals surface area contributed by atoms with Gasteiger partial charge in [-0.2, -0.15) is 0 Å². The van der Waals surface area contributed by atoms with E-state index in [2.05, 4.69) is 48.5 Å². The highest BCUT2D eigenvalue weighted by molar-refractivity contribution is 5.65. The standard InChI is InChI=1S/C38H56O2/c1-22-30(37-14-23-8-24(15-37)10-25(9-23)16-37)32(35(2,3)4)34(40-21-29-20-39-29)33(36(5,6)7)31(22)38-17-26-11-27(18-38)13-28(12-26)19-38/h23-29H,8-21H2,1-7H3. The van der Waals surface area contributed by atoms with Gasteiger partial charge in [0.1, 0.15) is 18.5 Å². The molecule has 2 nitrogen and oxygen atoms in total. The van der Waals surface area contributed by atoms with Gasteiger partial charge in [-0.15, -0.1) is 0 Å². The van der Waals surface area contributed by atoms with Gasteiger partial charge >= 0.3 is 0 Å². The molecule has 1 heterocycles. The molecule has 0 amide bonds. The van der Waals surface area contributed by atoms with Gasteiger partial charge in [-0.3, -0.25) is 0 Å². The van der Waals surface area contributed by atoms with E-state index in [1.807, 2.05) is 0 Å². The minimum atomic E-state index is 0.0448. The summed E-state index contributed by atoms with van der Waals surface area (Å²) in [6.45, 7) is 19.1. The fourth-order valence-electron chi connectivity index (χ4n) is 12.9. The first-order valence-electron chi connectivity index (χ1n) is 17.3. The molecule has 1 aliphatic heterocycles. The molecule has 8 bridgehead atoms. The largest absolute Gasteiger partial charge is 0.490 e. The van der Waals surface area contributed by atoms with Crippen LogP contribution in [0.1, 0.15) is 146 Å². The van der Waals surface area contributed by atoms with Gasteiger partial charge in [0.15, 0.2) is 0 Å². The van der Waals surface area contributed by atoms with E-state index in [1.54, 1.807) is 27.8 Å². The van der Waals surface area contributed by atoms with Crippen molar-refractivity contribution >= 4 is 0 Å². The summed E-state index contributed by atoms with van der Waals surface area (Å²) >= 11 is 0. The Bertz CT molecular complexity index is 1050. The molecule has 0 aromatic heterocycles. The molecule has 10 rings (SSSR count). The van der Waals surface area contributed by atoms with Crippen LogP contribution in [0.15, 0.2) is 0 Å². The lowest BCUT2D eigenvalue weighted by atomic mass is 9.44. The molecule has 9 aliphatic rings. The Morgan fingerprint density at radius 3 is 1.23 bits per heavy atom. The summed E-state index contributed by atoms with van der Waals surface area (Å²) in [5, 5.41) is 0. The first kappa shape index (κ1) is 26.6. The third kappa shape index (κ3) is 4.03. The topological polar surface area (TPSA) is 21.8 Å². The molecule has 0 radical (unpaired) electrons. The zero-order chi connectivity index (χ0) is 27.8. The van der Waals surface area contributed by atoms with Crippen LogP contribution >= 0.6 is 0 Å². The van der Waals surface area contributed by atoms with E-state index in [1.165, 1.54) is 82.8 Å². The van der Waals surface area contributed by atoms with Crippen LogP contribution in [0.4, 0.5) is 0 Å². The van der Waals surface area contributed by atoms with Gasteiger partial charge in [0.2, 0.25) is 0 Å². The lowest BCUT2D eigenvalue weighted by Gasteiger charge is -2.61. The van der Waals surface area contributed by atoms with E-state index in [-0.39, 0.29) is 16.9 Å². The van der Waals surface area contributed by atoms with Crippen molar-refractivity contribution < 1.29 is 9.47 Å². The first-order valence-corrected chi connectivity index (χ1v) is 17.3. The van der Waals surface area contributed by atoms with Crippen molar-refractivity contribution in [3.8, 4) is 5.75 Å². The number of epoxide rings is 1. The Morgan fingerprint density at radius 1 is 0.625 bits per heavy atom. The molecule has 0 N–H and O–H groups in total. The molecule has 1 atom stereocenters. The molecule has 0 spiro atoms. The monoisotopic (exact) mass is 544 g/mol. The molecule has 8 saturated carbocycles. The minimum Gasteiger partial charge on any atom is -0.490 e. The Labute approximate surface area is 244 Å². The maximum atomic E-state index is 7.18. The first-order chi connectivity index (χ1) is 18.8. The van der Waals surface area contributed by atoms with Gasteiger partial charge in [0.05, 0.1) is 6.61 Å². The summed E-state index contributed by atoms with van der Waals surface area (Å²) in [5.41, 5.74) is 9.32. The van der Waals surface area contributed by atoms with Crippen LogP contribution in [0.5, 0.6) is 5.75 Å². The van der Waals surface area contributed by atoms with E-state index in [9.17, 15) is 0 Å². The summed E-state index contributed by atoms with van der Waals surface area (Å²) in [5.74, 6) is 7.01. The number of hydrogen-bond donors (Lipinski definition) is 0. The van der Waals surface area contributed by atoms with Gasteiger partial charge < -0.3 is 9.47 Å². The van der Waals surface area contributed by atoms with Crippen molar-refractivity contribution in [3.05, 3.63) is 27.8 Å². The van der Waals surface area contributed by atoms with Crippen LogP contribution in [-0.4, -0.2) is 19.3 Å². The molecule has 1 unspecified atom stereocenters. The molecule has 9 fully saturated rings. The van der Waals surface area contributed by atoms with Crippen molar-refractivity contribution in [3.63, 3.8) is 0 Å². The van der Waals surface area contributed by atoms with E-state index >= 15 is 0 Å². The van der Waals surface area contributed by atoms with Crippen LogP contribution in [0.3, 0.4) is 0 Å². The average molecular weight is 545 g/mol. The van der Waals surface area contributed by atoms with Gasteiger partial charge in [-0.25, -0.2) is 0 Å². The van der Waals surface area contributed by atoms with Crippen molar-refractivity contribution in [1.82, 2.24) is 0 Å². The van der Waals surface area contributed by atoms with Crippen molar-refractivity contribution in [1.29, 1.82) is 0 Å². The van der Waals surface area contributed by atoms with E-state index in [0.717, 1.165) is 48.7 Å². The van der Waals surface area contributed by atoms with Crippen molar-refractivity contribution in [2.24, 2.45) is 35.5 Å². The highest BCUT2D eigenvalue weighted by atomic mass is 16.6. The Balaban J connectivity index is 1.43. The van der Waals surface area contributed by atoms with Crippen molar-refractivity contribution in [2.45, 2.75) is 153 Å². The number of rotatable bonds is 5. The normalized spacial score (nSPS) is 43.0. The summed E-state index contributed by atoms with van der Waals surface area (Å²) < 4.78 is 12.9. The van der Waals surface area contributed by atoms with Crippen LogP contribution in [0.25, 0.3) is 0 Å². The molecule has 220 valence electrons. The predicted octanol–water partition coefficient (Wildman–Crippen LogP) is 9.30. The van der Waals surface area contributed by atoms with Crippen molar-refractivity contribution in [2.75, 3.05) is 13.2 Å². The van der Waals surface area contributed by atoms with Crippen LogP contribution in [-0.2, 0) is 26.4 Å². The second-order valence-electron chi connectivity index (χ2n) is 18.6. The molecular weight excluding hydrogens is 488 g/mol. The zero-order valence-corrected chi connectivity index (χ0v) is 26.8. The lowest BCUT2D eigenvalue weighted by Crippen LogP contribution is -2.52. The molecule has 1 aromatic rings. The average Bonchev–Trinajstić information content (AvgIpc) is 3.63. The summed E-state index contributed by atoms with van der Waals surface area (Å²) in [6, 6.07) is 0. The summed E-state index contributed by atoms with van der Waals surface area (Å²) in [4.78, 5) is 0. The van der Waals surface area contributed by atoms with Crippen LogP contribution in [0.2, 0.25) is 0 Å². The zero-order valence-electron chi connectivity index (χ0n) is 26.8. The Hall–Kier alpha value is -1.02. The molecule has 40 heavy (non-hydrogen) atoms. The third-order valence-corrected chi connectivity index (χ3v) is 13.2. The summed E-state index contributed by atoms with van der Waals surface area (Å²) in [7, 11) is 0. The molecule has 8 aliphatic carbocycles. The van der Waals surface area contributed by atoms with Gasteiger partial charge in [-0.1, -0.05) is 41.5 Å². The van der Waals surface area contributed by atoms with E-state index in [0.29, 0.717) is 10.8 Å². The number of hydrogen-bond acceptors (Lipinski definition) is 2. The molecule has 1 aromatic carbocycles. The minimum absolute atomic E-state index is 0.0448. The second-order valence-corrected chi connectivity index (χ2v) is 18.6.